The number of H-pyrrole nitrogens is 1. The molecule has 0 bridgehead atoms. The third-order valence-electron chi connectivity index (χ3n) is 2.36. The van der Waals surface area contributed by atoms with Crippen LogP contribution in [0.3, 0.4) is 0 Å². The van der Waals surface area contributed by atoms with Crippen LogP contribution >= 0.6 is 0 Å². The van der Waals surface area contributed by atoms with Crippen molar-refractivity contribution >= 4 is 11.5 Å². The predicted octanol–water partition coefficient (Wildman–Crippen LogP) is 0.210. The van der Waals surface area contributed by atoms with E-state index in [0.717, 1.165) is 0 Å². The quantitative estimate of drug-likeness (QED) is 0.514. The Morgan fingerprint density at radius 2 is 2.17 bits per heavy atom. The molecule has 1 aromatic rings. The van der Waals surface area contributed by atoms with E-state index in [0.29, 0.717) is 19.5 Å². The third-order valence-corrected chi connectivity index (χ3v) is 2.36. The Labute approximate surface area is 105 Å². The fraction of sp³-hybridized carbons (Fsp3) is 0.500. The molecule has 1 rings (SSSR count). The SMILES string of the molecule is C#CCCNc1c(N)n(CC(C)C)c(=O)[nH]c1=O. The second kappa shape index (κ2) is 5.96. The van der Waals surface area contributed by atoms with E-state index in [-0.39, 0.29) is 17.4 Å². The topological polar surface area (TPSA) is 92.9 Å². The maximum atomic E-state index is 11.6. The number of nitrogens with one attached hydrogen (secondary N) is 2. The average molecular weight is 250 g/mol. The van der Waals surface area contributed by atoms with Crippen molar-refractivity contribution in [2.45, 2.75) is 26.8 Å². The van der Waals surface area contributed by atoms with E-state index in [1.807, 2.05) is 13.8 Å². The highest BCUT2D eigenvalue weighted by Gasteiger charge is 2.12. The van der Waals surface area contributed by atoms with Crippen LogP contribution in [0.2, 0.25) is 0 Å². The Hall–Kier alpha value is -2.16. The van der Waals surface area contributed by atoms with E-state index in [4.69, 9.17) is 12.2 Å². The largest absolute Gasteiger partial charge is 0.383 e. The summed E-state index contributed by atoms with van der Waals surface area (Å²) >= 11 is 0. The molecule has 1 aromatic heterocycles. The van der Waals surface area contributed by atoms with Crippen LogP contribution in [0.5, 0.6) is 0 Å². The minimum atomic E-state index is -0.519. The molecule has 0 aromatic carbocycles. The molecule has 0 aliphatic rings. The number of aromatic nitrogens is 2. The first-order chi connectivity index (χ1) is 8.47. The summed E-state index contributed by atoms with van der Waals surface area (Å²) in [5, 5.41) is 2.85. The number of anilines is 2. The molecule has 0 spiro atoms. The van der Waals surface area contributed by atoms with E-state index >= 15 is 0 Å². The van der Waals surface area contributed by atoms with E-state index in [2.05, 4.69) is 16.2 Å². The van der Waals surface area contributed by atoms with Crippen molar-refractivity contribution in [3.05, 3.63) is 20.8 Å². The lowest BCUT2D eigenvalue weighted by molar-refractivity contribution is 0.508. The Kier molecular flexibility index (Phi) is 4.60. The molecule has 0 atom stereocenters. The molecule has 0 amide bonds. The van der Waals surface area contributed by atoms with Gasteiger partial charge in [-0.25, -0.2) is 4.79 Å². The fourth-order valence-corrected chi connectivity index (χ4v) is 1.56. The Bertz CT molecular complexity index is 563. The van der Waals surface area contributed by atoms with Crippen LogP contribution in [0, 0.1) is 18.3 Å². The zero-order chi connectivity index (χ0) is 13.7. The number of nitrogen functional groups attached to an aromatic ring is 1. The normalized spacial score (nSPS) is 10.3. The Morgan fingerprint density at radius 3 is 2.72 bits per heavy atom. The molecule has 0 radical (unpaired) electrons. The summed E-state index contributed by atoms with van der Waals surface area (Å²) in [5.41, 5.74) is 5.03. The van der Waals surface area contributed by atoms with Crippen molar-refractivity contribution < 1.29 is 0 Å². The molecule has 1 heterocycles. The van der Waals surface area contributed by atoms with Gasteiger partial charge in [-0.1, -0.05) is 13.8 Å². The van der Waals surface area contributed by atoms with Crippen LogP contribution in [0.25, 0.3) is 0 Å². The monoisotopic (exact) mass is 250 g/mol. The summed E-state index contributed by atoms with van der Waals surface area (Å²) in [7, 11) is 0. The van der Waals surface area contributed by atoms with Gasteiger partial charge >= 0.3 is 5.69 Å². The van der Waals surface area contributed by atoms with Gasteiger partial charge in [0.05, 0.1) is 0 Å². The summed E-state index contributed by atoms with van der Waals surface area (Å²) < 4.78 is 1.35. The standard InChI is InChI=1S/C12H18N4O2/c1-4-5-6-14-9-10(13)16(7-8(2)3)12(18)15-11(9)17/h1,8,14H,5-7,13H2,2-3H3,(H,15,17,18). The minimum Gasteiger partial charge on any atom is -0.383 e. The molecule has 0 saturated heterocycles. The van der Waals surface area contributed by atoms with E-state index in [1.54, 1.807) is 0 Å². The highest BCUT2D eigenvalue weighted by molar-refractivity contribution is 5.60. The molecular formula is C12H18N4O2. The molecule has 0 aliphatic heterocycles. The molecule has 0 saturated carbocycles. The van der Waals surface area contributed by atoms with Crippen LogP contribution < -0.4 is 22.3 Å². The zero-order valence-electron chi connectivity index (χ0n) is 10.6. The second-order valence-corrected chi connectivity index (χ2v) is 4.40. The van der Waals surface area contributed by atoms with Crippen molar-refractivity contribution in [3.63, 3.8) is 0 Å². The van der Waals surface area contributed by atoms with E-state index in [9.17, 15) is 9.59 Å². The Balaban J connectivity index is 3.15. The number of hydrogen-bond donors (Lipinski definition) is 3. The van der Waals surface area contributed by atoms with Crippen molar-refractivity contribution in [1.82, 2.24) is 9.55 Å². The molecule has 4 N–H and O–H groups in total. The number of nitrogens with two attached hydrogens (primary N) is 1. The summed E-state index contributed by atoms with van der Waals surface area (Å²) in [5.74, 6) is 2.84. The number of hydrogen-bond acceptors (Lipinski definition) is 4. The predicted molar refractivity (Wildman–Crippen MR) is 72.5 cm³/mol. The average Bonchev–Trinajstić information content (AvgIpc) is 2.28. The summed E-state index contributed by atoms with van der Waals surface area (Å²) in [6.07, 6.45) is 5.60. The van der Waals surface area contributed by atoms with E-state index < -0.39 is 11.2 Å². The van der Waals surface area contributed by atoms with Gasteiger partial charge in [0.15, 0.2) is 0 Å². The lowest BCUT2D eigenvalue weighted by Crippen LogP contribution is -2.35. The molecular weight excluding hydrogens is 232 g/mol. The molecule has 6 heteroatoms. The highest BCUT2D eigenvalue weighted by atomic mass is 16.2. The summed E-state index contributed by atoms with van der Waals surface area (Å²) in [6.45, 7) is 4.81. The molecule has 6 nitrogen and oxygen atoms in total. The maximum absolute atomic E-state index is 11.6. The molecule has 0 fully saturated rings. The van der Waals surface area contributed by atoms with E-state index in [1.165, 1.54) is 4.57 Å². The van der Waals surface area contributed by atoms with Crippen LogP contribution in [0.4, 0.5) is 11.5 Å². The molecule has 98 valence electrons. The molecule has 0 aliphatic carbocycles. The second-order valence-electron chi connectivity index (χ2n) is 4.40. The number of aromatic amines is 1. The highest BCUT2D eigenvalue weighted by Crippen LogP contribution is 2.11. The van der Waals surface area contributed by atoms with Crippen LogP contribution in [0.15, 0.2) is 9.59 Å². The van der Waals surface area contributed by atoms with Gasteiger partial charge < -0.3 is 11.1 Å². The maximum Gasteiger partial charge on any atom is 0.330 e. The first-order valence-corrected chi connectivity index (χ1v) is 5.77. The van der Waals surface area contributed by atoms with Crippen LogP contribution in [-0.4, -0.2) is 16.1 Å². The zero-order valence-corrected chi connectivity index (χ0v) is 10.6. The van der Waals surface area contributed by atoms with Gasteiger partial charge in [0, 0.05) is 19.5 Å². The van der Waals surface area contributed by atoms with Gasteiger partial charge in [-0.3, -0.25) is 14.3 Å². The first kappa shape index (κ1) is 13.9. The van der Waals surface area contributed by atoms with Crippen LogP contribution in [0.1, 0.15) is 20.3 Å². The van der Waals surface area contributed by atoms with Crippen molar-refractivity contribution in [3.8, 4) is 12.3 Å². The third kappa shape index (κ3) is 3.17. The number of rotatable bonds is 5. The first-order valence-electron chi connectivity index (χ1n) is 5.77. The summed E-state index contributed by atoms with van der Waals surface area (Å²) in [6, 6.07) is 0. The van der Waals surface area contributed by atoms with Crippen molar-refractivity contribution in [2.24, 2.45) is 5.92 Å². The van der Waals surface area contributed by atoms with Crippen molar-refractivity contribution in [2.75, 3.05) is 17.6 Å². The lowest BCUT2D eigenvalue weighted by atomic mass is 10.2. The molecule has 18 heavy (non-hydrogen) atoms. The molecule has 0 unspecified atom stereocenters. The number of nitrogens with zero attached hydrogens (tertiary/aromatic N) is 1. The van der Waals surface area contributed by atoms with Gasteiger partial charge in [-0.05, 0) is 5.92 Å². The van der Waals surface area contributed by atoms with Crippen molar-refractivity contribution in [1.29, 1.82) is 0 Å². The fourth-order valence-electron chi connectivity index (χ4n) is 1.56. The van der Waals surface area contributed by atoms with Crippen LogP contribution in [-0.2, 0) is 6.54 Å². The van der Waals surface area contributed by atoms with Gasteiger partial charge in [-0.15, -0.1) is 12.3 Å². The van der Waals surface area contributed by atoms with Gasteiger partial charge in [0.1, 0.15) is 11.5 Å². The Morgan fingerprint density at radius 1 is 1.50 bits per heavy atom. The van der Waals surface area contributed by atoms with Gasteiger partial charge in [0.25, 0.3) is 5.56 Å². The summed E-state index contributed by atoms with van der Waals surface area (Å²) in [4.78, 5) is 25.5. The smallest absolute Gasteiger partial charge is 0.330 e. The van der Waals surface area contributed by atoms with Gasteiger partial charge in [0.2, 0.25) is 0 Å². The lowest BCUT2D eigenvalue weighted by Gasteiger charge is -2.14. The number of terminal acetylenes is 1. The minimum absolute atomic E-state index is 0.148. The van der Waals surface area contributed by atoms with Gasteiger partial charge in [-0.2, -0.15) is 0 Å².